The maximum atomic E-state index is 12.1. The Hall–Kier alpha value is -1.55. The zero-order valence-corrected chi connectivity index (χ0v) is 11.8. The lowest BCUT2D eigenvalue weighted by Gasteiger charge is -2.30. The van der Waals surface area contributed by atoms with Gasteiger partial charge in [-0.25, -0.2) is 4.79 Å². The minimum absolute atomic E-state index is 0.00365. The first-order valence-corrected chi connectivity index (χ1v) is 6.91. The van der Waals surface area contributed by atoms with Crippen LogP contribution in [0.1, 0.15) is 29.5 Å². The molecule has 0 saturated carbocycles. The fourth-order valence-corrected chi connectivity index (χ4v) is 2.47. The van der Waals surface area contributed by atoms with Crippen LogP contribution < -0.4 is 11.1 Å². The molecule has 104 valence electrons. The van der Waals surface area contributed by atoms with E-state index in [2.05, 4.69) is 37.4 Å². The van der Waals surface area contributed by atoms with Crippen LogP contribution in [-0.4, -0.2) is 30.1 Å². The normalized spacial score (nSPS) is 19.3. The van der Waals surface area contributed by atoms with E-state index in [4.69, 9.17) is 5.73 Å². The third-order valence-electron chi connectivity index (χ3n) is 3.68. The zero-order chi connectivity index (χ0) is 13.8. The largest absolute Gasteiger partial charge is 0.334 e. The summed E-state index contributed by atoms with van der Waals surface area (Å²) < 4.78 is 0. The lowest BCUT2D eigenvalue weighted by atomic mass is 10.1. The van der Waals surface area contributed by atoms with Crippen LogP contribution in [0.15, 0.2) is 18.2 Å². The number of carbonyl (C=O) groups excluding carboxylic acids is 1. The minimum Gasteiger partial charge on any atom is -0.334 e. The second-order valence-electron chi connectivity index (χ2n) is 5.44. The molecule has 0 aromatic heterocycles. The van der Waals surface area contributed by atoms with Crippen molar-refractivity contribution in [2.24, 2.45) is 5.73 Å². The van der Waals surface area contributed by atoms with Gasteiger partial charge in [-0.05, 0) is 37.8 Å². The second-order valence-corrected chi connectivity index (χ2v) is 5.44. The lowest BCUT2D eigenvalue weighted by molar-refractivity contribution is 0.179. The standard InChI is InChI=1S/C15H23N3O/c1-11-5-6-12(2)13(8-11)9-17-15(19)18-7-3-4-14(16)10-18/h5-6,8,14H,3-4,7,9-10,16H2,1-2H3,(H,17,19)/t14-/m0/s1. The summed E-state index contributed by atoms with van der Waals surface area (Å²) in [6.45, 7) is 6.19. The van der Waals surface area contributed by atoms with Gasteiger partial charge in [-0.1, -0.05) is 23.8 Å². The van der Waals surface area contributed by atoms with Gasteiger partial charge in [0.25, 0.3) is 0 Å². The average Bonchev–Trinajstić information content (AvgIpc) is 2.39. The van der Waals surface area contributed by atoms with E-state index in [-0.39, 0.29) is 12.1 Å². The van der Waals surface area contributed by atoms with Gasteiger partial charge in [-0.15, -0.1) is 0 Å². The Morgan fingerprint density at radius 2 is 2.26 bits per heavy atom. The van der Waals surface area contributed by atoms with Gasteiger partial charge in [0.05, 0.1) is 0 Å². The Morgan fingerprint density at radius 1 is 1.47 bits per heavy atom. The van der Waals surface area contributed by atoms with E-state index < -0.39 is 0 Å². The van der Waals surface area contributed by atoms with E-state index in [0.717, 1.165) is 19.4 Å². The fourth-order valence-electron chi connectivity index (χ4n) is 2.47. The summed E-state index contributed by atoms with van der Waals surface area (Å²) in [5.41, 5.74) is 9.50. The van der Waals surface area contributed by atoms with Crippen LogP contribution in [0, 0.1) is 13.8 Å². The Labute approximate surface area is 115 Å². The van der Waals surface area contributed by atoms with Crippen LogP contribution in [0.3, 0.4) is 0 Å². The molecule has 1 aliphatic rings. The van der Waals surface area contributed by atoms with Gasteiger partial charge in [0.15, 0.2) is 0 Å². The first kappa shape index (κ1) is 13.9. The Bertz CT molecular complexity index is 459. The molecule has 2 amide bonds. The average molecular weight is 261 g/mol. The molecule has 4 nitrogen and oxygen atoms in total. The number of nitrogens with two attached hydrogens (primary N) is 1. The molecular weight excluding hydrogens is 238 g/mol. The molecule has 19 heavy (non-hydrogen) atoms. The molecule has 1 saturated heterocycles. The summed E-state index contributed by atoms with van der Waals surface area (Å²) in [7, 11) is 0. The number of likely N-dealkylation sites (tertiary alicyclic amines) is 1. The number of rotatable bonds is 2. The summed E-state index contributed by atoms with van der Waals surface area (Å²) in [4.78, 5) is 13.9. The van der Waals surface area contributed by atoms with Gasteiger partial charge >= 0.3 is 6.03 Å². The van der Waals surface area contributed by atoms with E-state index in [1.165, 1.54) is 16.7 Å². The van der Waals surface area contributed by atoms with Gasteiger partial charge < -0.3 is 16.0 Å². The predicted octanol–water partition coefficient (Wildman–Crippen LogP) is 1.94. The van der Waals surface area contributed by atoms with Crippen molar-refractivity contribution >= 4 is 6.03 Å². The van der Waals surface area contributed by atoms with Gasteiger partial charge in [-0.2, -0.15) is 0 Å². The minimum atomic E-state index is -0.00365. The number of hydrogen-bond donors (Lipinski definition) is 2. The van der Waals surface area contributed by atoms with Crippen molar-refractivity contribution in [2.45, 2.75) is 39.3 Å². The Morgan fingerprint density at radius 3 is 3.00 bits per heavy atom. The number of hydrogen-bond acceptors (Lipinski definition) is 2. The maximum absolute atomic E-state index is 12.1. The van der Waals surface area contributed by atoms with Crippen LogP contribution in [0.25, 0.3) is 0 Å². The molecule has 1 aromatic rings. The van der Waals surface area contributed by atoms with Crippen LogP contribution in [0.4, 0.5) is 4.79 Å². The maximum Gasteiger partial charge on any atom is 0.317 e. The topological polar surface area (TPSA) is 58.4 Å². The monoisotopic (exact) mass is 261 g/mol. The zero-order valence-electron chi connectivity index (χ0n) is 11.8. The SMILES string of the molecule is Cc1ccc(C)c(CNC(=O)N2CCC[C@H](N)C2)c1. The molecule has 1 aromatic carbocycles. The second kappa shape index (κ2) is 6.06. The molecule has 1 fully saturated rings. The van der Waals surface area contributed by atoms with E-state index >= 15 is 0 Å². The van der Waals surface area contributed by atoms with Crippen molar-refractivity contribution in [1.82, 2.24) is 10.2 Å². The molecular formula is C15H23N3O. The van der Waals surface area contributed by atoms with Crippen LogP contribution >= 0.6 is 0 Å². The van der Waals surface area contributed by atoms with Gasteiger partial charge in [0.2, 0.25) is 0 Å². The molecule has 0 radical (unpaired) electrons. The van der Waals surface area contributed by atoms with E-state index in [0.29, 0.717) is 13.1 Å². The first-order valence-electron chi connectivity index (χ1n) is 6.91. The van der Waals surface area contributed by atoms with Crippen LogP contribution in [-0.2, 0) is 6.54 Å². The number of benzene rings is 1. The first-order chi connectivity index (χ1) is 9.06. The lowest BCUT2D eigenvalue weighted by Crippen LogP contribution is -2.49. The van der Waals surface area contributed by atoms with E-state index in [1.54, 1.807) is 0 Å². The van der Waals surface area contributed by atoms with Gasteiger partial charge in [0.1, 0.15) is 0 Å². The number of nitrogens with one attached hydrogen (secondary N) is 1. The summed E-state index contributed by atoms with van der Waals surface area (Å²) in [6.07, 6.45) is 2.01. The highest BCUT2D eigenvalue weighted by Gasteiger charge is 2.20. The Balaban J connectivity index is 1.91. The molecule has 0 spiro atoms. The number of nitrogens with zero attached hydrogens (tertiary/aromatic N) is 1. The fraction of sp³-hybridized carbons (Fsp3) is 0.533. The molecule has 0 unspecified atom stereocenters. The highest BCUT2D eigenvalue weighted by molar-refractivity contribution is 5.74. The van der Waals surface area contributed by atoms with E-state index in [1.807, 2.05) is 4.90 Å². The number of urea groups is 1. The van der Waals surface area contributed by atoms with Crippen molar-refractivity contribution in [3.05, 3.63) is 34.9 Å². The van der Waals surface area contributed by atoms with Crippen molar-refractivity contribution in [3.63, 3.8) is 0 Å². The van der Waals surface area contributed by atoms with E-state index in [9.17, 15) is 4.79 Å². The smallest absolute Gasteiger partial charge is 0.317 e. The number of carbonyl (C=O) groups is 1. The number of piperidine rings is 1. The molecule has 4 heteroatoms. The van der Waals surface area contributed by atoms with Gasteiger partial charge in [-0.3, -0.25) is 0 Å². The highest BCUT2D eigenvalue weighted by atomic mass is 16.2. The number of amides is 2. The number of aryl methyl sites for hydroxylation is 2. The summed E-state index contributed by atoms with van der Waals surface area (Å²) in [5, 5.41) is 2.99. The summed E-state index contributed by atoms with van der Waals surface area (Å²) in [5.74, 6) is 0. The molecule has 2 rings (SSSR count). The van der Waals surface area contributed by atoms with Crippen molar-refractivity contribution < 1.29 is 4.79 Å². The molecule has 1 atom stereocenters. The van der Waals surface area contributed by atoms with Crippen molar-refractivity contribution in [2.75, 3.05) is 13.1 Å². The van der Waals surface area contributed by atoms with Crippen LogP contribution in [0.2, 0.25) is 0 Å². The molecule has 0 bridgehead atoms. The van der Waals surface area contributed by atoms with Crippen molar-refractivity contribution in [1.29, 1.82) is 0 Å². The summed E-state index contributed by atoms with van der Waals surface area (Å²) in [6, 6.07) is 6.42. The molecule has 1 heterocycles. The molecule has 1 aliphatic heterocycles. The third kappa shape index (κ3) is 3.70. The predicted molar refractivity (Wildman–Crippen MR) is 76.9 cm³/mol. The summed E-state index contributed by atoms with van der Waals surface area (Å²) >= 11 is 0. The quantitative estimate of drug-likeness (QED) is 0.854. The van der Waals surface area contributed by atoms with Gasteiger partial charge in [0, 0.05) is 25.7 Å². The highest BCUT2D eigenvalue weighted by Crippen LogP contribution is 2.11. The third-order valence-corrected chi connectivity index (χ3v) is 3.68. The Kier molecular flexibility index (Phi) is 4.43. The van der Waals surface area contributed by atoms with Crippen molar-refractivity contribution in [3.8, 4) is 0 Å². The van der Waals surface area contributed by atoms with Crippen LogP contribution in [0.5, 0.6) is 0 Å². The molecule has 3 N–H and O–H groups in total. The molecule has 0 aliphatic carbocycles.